The molecule has 0 amide bonds. The summed E-state index contributed by atoms with van der Waals surface area (Å²) >= 11 is 0. The average Bonchev–Trinajstić information content (AvgIpc) is 2.16. The van der Waals surface area contributed by atoms with E-state index in [9.17, 15) is 5.11 Å². The molecule has 1 unspecified atom stereocenters. The Labute approximate surface area is 74.9 Å². The maximum Gasteiger partial charge on any atom is 0.116 e. The van der Waals surface area contributed by atoms with Crippen molar-refractivity contribution in [3.05, 3.63) is 0 Å². The quantitative estimate of drug-likeness (QED) is 0.639. The maximum atomic E-state index is 11.0. The summed E-state index contributed by atoms with van der Waals surface area (Å²) in [5.74, 6) is 0. The van der Waals surface area contributed by atoms with E-state index in [0.717, 1.165) is 12.8 Å². The maximum absolute atomic E-state index is 11.0. The third-order valence-corrected chi connectivity index (χ3v) is 2.53. The molecule has 2 heteroatoms. The highest BCUT2D eigenvalue weighted by Crippen LogP contribution is 2.20. The predicted molar refractivity (Wildman–Crippen MR) is 47.6 cm³/mol. The van der Waals surface area contributed by atoms with Gasteiger partial charge in [0.15, 0.2) is 0 Å². The minimum absolute atomic E-state index is 0.391. The largest absolute Gasteiger partial charge is 0.375 e. The molecule has 1 atom stereocenters. The SMILES string of the molecule is CCC([O])COC1CCCCC1. The Morgan fingerprint density at radius 3 is 2.58 bits per heavy atom. The van der Waals surface area contributed by atoms with Crippen molar-refractivity contribution in [3.63, 3.8) is 0 Å². The third-order valence-electron chi connectivity index (χ3n) is 2.53. The van der Waals surface area contributed by atoms with E-state index in [4.69, 9.17) is 4.74 Å². The van der Waals surface area contributed by atoms with Gasteiger partial charge in [0, 0.05) is 0 Å². The van der Waals surface area contributed by atoms with Gasteiger partial charge in [-0.15, -0.1) is 0 Å². The molecule has 1 aliphatic carbocycles. The van der Waals surface area contributed by atoms with Crippen LogP contribution >= 0.6 is 0 Å². The third kappa shape index (κ3) is 3.55. The van der Waals surface area contributed by atoms with Crippen LogP contribution in [-0.4, -0.2) is 18.8 Å². The van der Waals surface area contributed by atoms with Gasteiger partial charge in [-0.2, -0.15) is 0 Å². The molecule has 12 heavy (non-hydrogen) atoms. The van der Waals surface area contributed by atoms with E-state index < -0.39 is 6.10 Å². The first-order valence-electron chi connectivity index (χ1n) is 5.10. The molecule has 0 spiro atoms. The molecule has 0 aromatic heterocycles. The van der Waals surface area contributed by atoms with Gasteiger partial charge < -0.3 is 4.74 Å². The summed E-state index contributed by atoms with van der Waals surface area (Å²) in [5, 5.41) is 11.0. The molecule has 0 aliphatic heterocycles. The summed E-state index contributed by atoms with van der Waals surface area (Å²) in [4.78, 5) is 0. The van der Waals surface area contributed by atoms with Crippen molar-refractivity contribution in [3.8, 4) is 0 Å². The molecule has 2 nitrogen and oxygen atoms in total. The zero-order chi connectivity index (χ0) is 8.81. The van der Waals surface area contributed by atoms with Crippen molar-refractivity contribution in [2.24, 2.45) is 0 Å². The van der Waals surface area contributed by atoms with E-state index in [2.05, 4.69) is 0 Å². The van der Waals surface area contributed by atoms with Crippen molar-refractivity contribution in [2.45, 2.75) is 57.7 Å². The van der Waals surface area contributed by atoms with Gasteiger partial charge in [0.1, 0.15) is 6.10 Å². The van der Waals surface area contributed by atoms with Gasteiger partial charge in [0.25, 0.3) is 0 Å². The molecule has 0 aromatic carbocycles. The average molecular weight is 171 g/mol. The smallest absolute Gasteiger partial charge is 0.116 e. The monoisotopic (exact) mass is 171 g/mol. The summed E-state index contributed by atoms with van der Waals surface area (Å²) in [6.45, 7) is 2.34. The van der Waals surface area contributed by atoms with E-state index in [0.29, 0.717) is 19.1 Å². The zero-order valence-electron chi connectivity index (χ0n) is 7.92. The Morgan fingerprint density at radius 1 is 1.33 bits per heavy atom. The second kappa shape index (κ2) is 5.55. The first kappa shape index (κ1) is 10.0. The van der Waals surface area contributed by atoms with Crippen molar-refractivity contribution >= 4 is 0 Å². The van der Waals surface area contributed by atoms with Gasteiger partial charge in [-0.1, -0.05) is 26.2 Å². The Hall–Kier alpha value is -0.0800. The highest BCUT2D eigenvalue weighted by atomic mass is 16.5. The normalized spacial score (nSPS) is 22.5. The number of hydrogen-bond donors (Lipinski definition) is 0. The van der Waals surface area contributed by atoms with Crippen LogP contribution in [0, 0.1) is 0 Å². The second-order valence-electron chi connectivity index (χ2n) is 3.62. The number of ether oxygens (including phenoxy) is 1. The van der Waals surface area contributed by atoms with Crippen LogP contribution in [0.5, 0.6) is 0 Å². The van der Waals surface area contributed by atoms with Crippen molar-refractivity contribution in [1.29, 1.82) is 0 Å². The second-order valence-corrected chi connectivity index (χ2v) is 3.62. The summed E-state index contributed by atoms with van der Waals surface area (Å²) in [5.41, 5.74) is 0. The Kier molecular flexibility index (Phi) is 4.62. The molecular weight excluding hydrogens is 152 g/mol. The lowest BCUT2D eigenvalue weighted by Crippen LogP contribution is -2.22. The van der Waals surface area contributed by atoms with Gasteiger partial charge in [-0.3, -0.25) is 0 Å². The highest BCUT2D eigenvalue weighted by Gasteiger charge is 2.15. The van der Waals surface area contributed by atoms with Crippen LogP contribution in [0.4, 0.5) is 0 Å². The molecular formula is C10H19O2. The fraction of sp³-hybridized carbons (Fsp3) is 1.00. The van der Waals surface area contributed by atoms with Crippen molar-refractivity contribution in [2.75, 3.05) is 6.61 Å². The van der Waals surface area contributed by atoms with Crippen molar-refractivity contribution in [1.82, 2.24) is 0 Å². The molecule has 71 valence electrons. The Balaban J connectivity index is 2.05. The Morgan fingerprint density at radius 2 is 2.00 bits per heavy atom. The van der Waals surface area contributed by atoms with Gasteiger partial charge in [-0.25, -0.2) is 5.11 Å². The lowest BCUT2D eigenvalue weighted by atomic mass is 9.98. The molecule has 1 radical (unpaired) electrons. The predicted octanol–water partition coefficient (Wildman–Crippen LogP) is 2.54. The zero-order valence-corrected chi connectivity index (χ0v) is 7.92. The number of hydrogen-bond acceptors (Lipinski definition) is 1. The van der Waals surface area contributed by atoms with Gasteiger partial charge in [0.05, 0.1) is 12.7 Å². The first-order chi connectivity index (χ1) is 5.83. The molecule has 0 N–H and O–H groups in total. The van der Waals surface area contributed by atoms with Crippen LogP contribution in [-0.2, 0) is 9.84 Å². The molecule has 1 saturated carbocycles. The molecule has 0 bridgehead atoms. The fourth-order valence-corrected chi connectivity index (χ4v) is 1.59. The topological polar surface area (TPSA) is 29.1 Å². The highest BCUT2D eigenvalue weighted by molar-refractivity contribution is 4.65. The Bertz CT molecular complexity index is 108. The molecule has 1 aliphatic rings. The minimum atomic E-state index is -0.507. The van der Waals surface area contributed by atoms with E-state index in [1.807, 2.05) is 6.92 Å². The summed E-state index contributed by atoms with van der Waals surface area (Å²) in [7, 11) is 0. The number of rotatable bonds is 4. The standard InChI is InChI=1S/C10H19O2/c1-2-9(11)8-12-10-6-4-3-5-7-10/h9-10H,2-8H2,1H3. The van der Waals surface area contributed by atoms with E-state index >= 15 is 0 Å². The van der Waals surface area contributed by atoms with Crippen LogP contribution in [0.2, 0.25) is 0 Å². The fourth-order valence-electron chi connectivity index (χ4n) is 1.59. The van der Waals surface area contributed by atoms with Crippen LogP contribution in [0.1, 0.15) is 45.4 Å². The summed E-state index contributed by atoms with van der Waals surface area (Å²) in [6, 6.07) is 0. The summed E-state index contributed by atoms with van der Waals surface area (Å²) in [6.07, 6.45) is 6.79. The van der Waals surface area contributed by atoms with Crippen LogP contribution in [0.3, 0.4) is 0 Å². The van der Waals surface area contributed by atoms with E-state index in [1.165, 1.54) is 19.3 Å². The van der Waals surface area contributed by atoms with Gasteiger partial charge >= 0.3 is 0 Å². The van der Waals surface area contributed by atoms with Gasteiger partial charge in [-0.05, 0) is 19.3 Å². The van der Waals surface area contributed by atoms with E-state index in [-0.39, 0.29) is 0 Å². The van der Waals surface area contributed by atoms with E-state index in [1.54, 1.807) is 0 Å². The molecule has 1 rings (SSSR count). The van der Waals surface area contributed by atoms with Crippen LogP contribution in [0.15, 0.2) is 0 Å². The lowest BCUT2D eigenvalue weighted by Gasteiger charge is -2.22. The van der Waals surface area contributed by atoms with Crippen LogP contribution in [0.25, 0.3) is 0 Å². The molecule has 0 saturated heterocycles. The van der Waals surface area contributed by atoms with Crippen LogP contribution < -0.4 is 0 Å². The molecule has 0 heterocycles. The van der Waals surface area contributed by atoms with Gasteiger partial charge in [0.2, 0.25) is 0 Å². The molecule has 0 aromatic rings. The summed E-state index contributed by atoms with van der Waals surface area (Å²) < 4.78 is 5.52. The minimum Gasteiger partial charge on any atom is -0.375 e. The first-order valence-corrected chi connectivity index (χ1v) is 5.10. The van der Waals surface area contributed by atoms with Crippen molar-refractivity contribution < 1.29 is 9.84 Å². The molecule has 1 fully saturated rings. The lowest BCUT2D eigenvalue weighted by molar-refractivity contribution is -0.0479.